The quantitative estimate of drug-likeness (QED) is 0.638. The molecule has 0 aliphatic carbocycles. The van der Waals surface area contributed by atoms with E-state index >= 15 is 0 Å². The number of hydrazine groups is 1. The molecule has 3 N–H and O–H groups in total. The predicted molar refractivity (Wildman–Crippen MR) is 105 cm³/mol. The van der Waals surface area contributed by atoms with Gasteiger partial charge in [0.15, 0.2) is 0 Å². The van der Waals surface area contributed by atoms with Gasteiger partial charge in [-0.15, -0.1) is 0 Å². The number of anilines is 1. The Morgan fingerprint density at radius 2 is 1.89 bits per heavy atom. The van der Waals surface area contributed by atoms with Crippen molar-refractivity contribution in [2.75, 3.05) is 5.32 Å². The van der Waals surface area contributed by atoms with Gasteiger partial charge in [-0.1, -0.05) is 49.4 Å². The molecule has 6 nitrogen and oxygen atoms in total. The second kappa shape index (κ2) is 7.92. The van der Waals surface area contributed by atoms with E-state index in [0.29, 0.717) is 12.2 Å². The zero-order valence-electron chi connectivity index (χ0n) is 15.5. The van der Waals surface area contributed by atoms with Gasteiger partial charge in [0.2, 0.25) is 5.91 Å². The Balaban J connectivity index is 1.38. The fraction of sp³-hybridized carbons (Fsp3) is 0.238. The summed E-state index contributed by atoms with van der Waals surface area (Å²) in [5, 5.41) is 7.18. The third-order valence-corrected chi connectivity index (χ3v) is 5.05. The van der Waals surface area contributed by atoms with Gasteiger partial charge in [-0.3, -0.25) is 9.48 Å². The highest BCUT2D eigenvalue weighted by atomic mass is 19.1. The van der Waals surface area contributed by atoms with Gasteiger partial charge in [0.1, 0.15) is 11.9 Å². The molecule has 7 heteroatoms. The molecule has 0 bridgehead atoms. The molecule has 1 aliphatic rings. The molecule has 1 fully saturated rings. The lowest BCUT2D eigenvalue weighted by atomic mass is 9.91. The predicted octanol–water partition coefficient (Wildman–Crippen LogP) is 2.86. The van der Waals surface area contributed by atoms with Crippen LogP contribution < -0.4 is 16.2 Å². The van der Waals surface area contributed by atoms with E-state index in [4.69, 9.17) is 0 Å². The van der Waals surface area contributed by atoms with Crippen LogP contribution in [0.5, 0.6) is 0 Å². The molecule has 1 amide bonds. The summed E-state index contributed by atoms with van der Waals surface area (Å²) in [5.41, 5.74) is 9.03. The number of hydrogen-bond donors (Lipinski definition) is 3. The van der Waals surface area contributed by atoms with Crippen molar-refractivity contribution in [1.82, 2.24) is 20.6 Å². The number of carbonyl (C=O) groups is 1. The van der Waals surface area contributed by atoms with Gasteiger partial charge < -0.3 is 5.32 Å². The van der Waals surface area contributed by atoms with Crippen molar-refractivity contribution in [3.8, 4) is 0 Å². The van der Waals surface area contributed by atoms with Gasteiger partial charge in [0.05, 0.1) is 24.5 Å². The highest BCUT2D eigenvalue weighted by Crippen LogP contribution is 2.28. The van der Waals surface area contributed by atoms with Crippen LogP contribution in [0.15, 0.2) is 67.0 Å². The lowest BCUT2D eigenvalue weighted by Crippen LogP contribution is -2.41. The molecule has 0 radical (unpaired) electrons. The fourth-order valence-corrected chi connectivity index (χ4v) is 3.50. The first-order valence-electron chi connectivity index (χ1n) is 9.24. The maximum atomic E-state index is 13.0. The van der Waals surface area contributed by atoms with Gasteiger partial charge in [0.25, 0.3) is 0 Å². The number of nitrogens with zero attached hydrogens (tertiary/aromatic N) is 2. The number of aromatic nitrogens is 2. The van der Waals surface area contributed by atoms with Crippen molar-refractivity contribution >= 4 is 11.6 Å². The number of carbonyl (C=O) groups excluding carboxylic acids is 1. The fourth-order valence-electron chi connectivity index (χ4n) is 3.50. The second-order valence-electron chi connectivity index (χ2n) is 7.06. The smallest absolute Gasteiger partial charge is 0.243 e. The van der Waals surface area contributed by atoms with E-state index in [9.17, 15) is 9.18 Å². The first-order chi connectivity index (χ1) is 13.6. The molecule has 28 heavy (non-hydrogen) atoms. The number of rotatable bonds is 5. The van der Waals surface area contributed by atoms with Crippen molar-refractivity contribution in [1.29, 1.82) is 0 Å². The summed E-state index contributed by atoms with van der Waals surface area (Å²) in [6.45, 7) is 2.55. The Hall–Kier alpha value is -3.03. The summed E-state index contributed by atoms with van der Waals surface area (Å²) in [6.07, 6.45) is 3.38. The van der Waals surface area contributed by atoms with Crippen LogP contribution in [0.4, 0.5) is 10.1 Å². The maximum absolute atomic E-state index is 13.0. The standard InChI is InChI=1S/C21H22FN5O/c1-14-19(16-5-3-2-4-6-16)25-26-20(14)21(28)24-18-11-23-27(13-18)12-15-7-9-17(22)10-8-15/h2-11,13-14,19-20,25-26H,12H2,1H3,(H,24,28). The molecule has 3 atom stereocenters. The minimum absolute atomic E-state index is 0.0677. The third kappa shape index (κ3) is 3.95. The Morgan fingerprint density at radius 1 is 1.14 bits per heavy atom. The normalized spacial score (nSPS) is 21.6. The zero-order valence-corrected chi connectivity index (χ0v) is 15.5. The molecule has 3 aromatic rings. The van der Waals surface area contributed by atoms with E-state index in [-0.39, 0.29) is 29.7 Å². The minimum Gasteiger partial charge on any atom is -0.322 e. The topological polar surface area (TPSA) is 71.0 Å². The molecule has 1 aromatic heterocycles. The number of hydrogen-bond acceptors (Lipinski definition) is 4. The number of halogens is 1. The van der Waals surface area contributed by atoms with Crippen LogP contribution in [0, 0.1) is 11.7 Å². The summed E-state index contributed by atoms with van der Waals surface area (Å²) in [5.74, 6) is -0.297. The molecule has 0 saturated carbocycles. The molecule has 2 aromatic carbocycles. The molecule has 3 unspecified atom stereocenters. The molecule has 1 saturated heterocycles. The number of amides is 1. The SMILES string of the molecule is CC1C(C(=O)Nc2cnn(Cc3ccc(F)cc3)c2)NNC1c1ccccc1. The van der Waals surface area contributed by atoms with Crippen LogP contribution in [0.1, 0.15) is 24.1 Å². The van der Waals surface area contributed by atoms with Crippen LogP contribution in [0.2, 0.25) is 0 Å². The summed E-state index contributed by atoms with van der Waals surface area (Å²) < 4.78 is 14.7. The Bertz CT molecular complexity index is 941. The Morgan fingerprint density at radius 3 is 2.64 bits per heavy atom. The van der Waals surface area contributed by atoms with Crippen molar-refractivity contribution in [2.45, 2.75) is 25.6 Å². The van der Waals surface area contributed by atoms with Crippen molar-refractivity contribution in [3.63, 3.8) is 0 Å². The molecule has 4 rings (SSSR count). The highest BCUT2D eigenvalue weighted by molar-refractivity contribution is 5.95. The third-order valence-electron chi connectivity index (χ3n) is 5.05. The van der Waals surface area contributed by atoms with Crippen molar-refractivity contribution in [2.24, 2.45) is 5.92 Å². The number of benzene rings is 2. The van der Waals surface area contributed by atoms with Gasteiger partial charge in [-0.05, 0) is 23.3 Å². The molecule has 0 spiro atoms. The summed E-state index contributed by atoms with van der Waals surface area (Å²) in [6, 6.07) is 16.1. The first-order valence-corrected chi connectivity index (χ1v) is 9.24. The first kappa shape index (κ1) is 18.3. The van der Waals surface area contributed by atoms with E-state index in [1.807, 2.05) is 25.1 Å². The van der Waals surface area contributed by atoms with E-state index in [1.165, 1.54) is 12.1 Å². The zero-order chi connectivity index (χ0) is 19.5. The summed E-state index contributed by atoms with van der Waals surface area (Å²) in [4.78, 5) is 12.7. The molecule has 144 valence electrons. The van der Waals surface area contributed by atoms with Crippen LogP contribution >= 0.6 is 0 Å². The van der Waals surface area contributed by atoms with E-state index in [1.54, 1.807) is 29.2 Å². The monoisotopic (exact) mass is 379 g/mol. The van der Waals surface area contributed by atoms with E-state index in [2.05, 4.69) is 33.4 Å². The van der Waals surface area contributed by atoms with Crippen LogP contribution in [0.3, 0.4) is 0 Å². The Labute approximate surface area is 162 Å². The largest absolute Gasteiger partial charge is 0.322 e. The Kier molecular flexibility index (Phi) is 5.18. The molecule has 2 heterocycles. The van der Waals surface area contributed by atoms with Crippen LogP contribution in [0.25, 0.3) is 0 Å². The lowest BCUT2D eigenvalue weighted by molar-refractivity contribution is -0.118. The average Bonchev–Trinajstić information content (AvgIpc) is 3.30. The number of nitrogens with one attached hydrogen (secondary N) is 3. The summed E-state index contributed by atoms with van der Waals surface area (Å²) in [7, 11) is 0. The minimum atomic E-state index is -0.356. The lowest BCUT2D eigenvalue weighted by Gasteiger charge is -2.18. The van der Waals surface area contributed by atoms with E-state index < -0.39 is 0 Å². The van der Waals surface area contributed by atoms with Gasteiger partial charge in [-0.2, -0.15) is 5.10 Å². The van der Waals surface area contributed by atoms with E-state index in [0.717, 1.165) is 11.1 Å². The highest BCUT2D eigenvalue weighted by Gasteiger charge is 2.37. The van der Waals surface area contributed by atoms with Gasteiger partial charge >= 0.3 is 0 Å². The maximum Gasteiger partial charge on any atom is 0.243 e. The molecular formula is C21H22FN5O. The average molecular weight is 379 g/mol. The van der Waals surface area contributed by atoms with Crippen molar-refractivity contribution in [3.05, 3.63) is 83.9 Å². The van der Waals surface area contributed by atoms with Gasteiger partial charge in [0, 0.05) is 12.1 Å². The van der Waals surface area contributed by atoms with Gasteiger partial charge in [-0.25, -0.2) is 15.2 Å². The summed E-state index contributed by atoms with van der Waals surface area (Å²) >= 11 is 0. The molecule has 1 aliphatic heterocycles. The molecular weight excluding hydrogens is 357 g/mol. The van der Waals surface area contributed by atoms with Crippen LogP contribution in [-0.4, -0.2) is 21.7 Å². The second-order valence-corrected chi connectivity index (χ2v) is 7.06. The van der Waals surface area contributed by atoms with Crippen LogP contribution in [-0.2, 0) is 11.3 Å². The van der Waals surface area contributed by atoms with Crippen molar-refractivity contribution < 1.29 is 9.18 Å².